The first-order valence-corrected chi connectivity index (χ1v) is 8.20. The van der Waals surface area contributed by atoms with Gasteiger partial charge in [-0.15, -0.1) is 0 Å². The van der Waals surface area contributed by atoms with E-state index in [0.29, 0.717) is 28.0 Å². The first kappa shape index (κ1) is 18.3. The lowest BCUT2D eigenvalue weighted by Gasteiger charge is -2.16. The minimum Gasteiger partial charge on any atom is -0.508 e. The molecule has 0 saturated carbocycles. The number of phenolic OH excluding ortho intramolecular Hbond substituents is 1. The number of benzene rings is 1. The van der Waals surface area contributed by atoms with Crippen molar-refractivity contribution in [2.45, 2.75) is 19.5 Å². The Morgan fingerprint density at radius 3 is 2.52 bits per heavy atom. The maximum absolute atomic E-state index is 11.8. The summed E-state index contributed by atoms with van der Waals surface area (Å²) >= 11 is 0. The monoisotopic (exact) mass is 369 g/mol. The van der Waals surface area contributed by atoms with Crippen LogP contribution in [-0.2, 0) is 4.79 Å². The van der Waals surface area contributed by atoms with Crippen LogP contribution in [0.3, 0.4) is 0 Å². The van der Waals surface area contributed by atoms with E-state index in [4.69, 9.17) is 5.73 Å². The van der Waals surface area contributed by atoms with Crippen LogP contribution in [0.1, 0.15) is 28.6 Å². The zero-order valence-corrected chi connectivity index (χ0v) is 14.8. The summed E-state index contributed by atoms with van der Waals surface area (Å²) in [4.78, 5) is 27.8. The Morgan fingerprint density at radius 1 is 1.30 bits per heavy atom. The number of nitrogens with zero attached hydrogens (tertiary/aromatic N) is 3. The maximum atomic E-state index is 11.8. The average Bonchev–Trinajstić information content (AvgIpc) is 2.96. The summed E-state index contributed by atoms with van der Waals surface area (Å²) in [5, 5.41) is 26.9. The Morgan fingerprint density at radius 2 is 1.96 bits per heavy atom. The van der Waals surface area contributed by atoms with E-state index < -0.39 is 18.0 Å². The average molecular weight is 369 g/mol. The summed E-state index contributed by atoms with van der Waals surface area (Å²) in [6.45, 7) is 1.68. The molecule has 0 spiro atoms. The summed E-state index contributed by atoms with van der Waals surface area (Å²) in [6, 6.07) is 7.74. The van der Waals surface area contributed by atoms with Gasteiger partial charge in [-0.3, -0.25) is 10.1 Å². The van der Waals surface area contributed by atoms with E-state index >= 15 is 0 Å². The number of hydrogen-bond donors (Lipinski definition) is 4. The van der Waals surface area contributed by atoms with Crippen molar-refractivity contribution in [3.05, 3.63) is 41.6 Å². The van der Waals surface area contributed by atoms with Gasteiger partial charge in [-0.1, -0.05) is 0 Å². The van der Waals surface area contributed by atoms with Gasteiger partial charge in [-0.25, -0.2) is 14.5 Å². The van der Waals surface area contributed by atoms with Gasteiger partial charge in [0.25, 0.3) is 0 Å². The fourth-order valence-corrected chi connectivity index (χ4v) is 2.98. The molecule has 0 aliphatic carbocycles. The molecule has 1 amide bonds. The van der Waals surface area contributed by atoms with Gasteiger partial charge in [0.05, 0.1) is 28.8 Å². The number of aromatic nitrogens is 3. The fourth-order valence-electron chi connectivity index (χ4n) is 2.98. The normalized spacial score (nSPS) is 12.2. The van der Waals surface area contributed by atoms with Gasteiger partial charge in [0, 0.05) is 5.56 Å². The van der Waals surface area contributed by atoms with Gasteiger partial charge >= 0.3 is 5.97 Å². The Bertz CT molecular complexity index is 1030. The third-order valence-electron chi connectivity index (χ3n) is 4.25. The Labute approximate surface area is 154 Å². The van der Waals surface area contributed by atoms with Crippen molar-refractivity contribution >= 4 is 22.9 Å². The van der Waals surface area contributed by atoms with E-state index in [1.54, 1.807) is 26.1 Å². The zero-order chi connectivity index (χ0) is 19.7. The lowest BCUT2D eigenvalue weighted by molar-refractivity contribution is -0.119. The topological polar surface area (TPSA) is 143 Å². The molecule has 0 fully saturated rings. The molecule has 3 rings (SSSR count). The van der Waals surface area contributed by atoms with E-state index in [1.807, 2.05) is 0 Å². The molecule has 0 radical (unpaired) electrons. The van der Waals surface area contributed by atoms with Crippen LogP contribution in [-0.4, -0.2) is 43.9 Å². The minimum atomic E-state index is -1.11. The number of amides is 1. The number of carboxylic acid groups (broad SMARTS) is 1. The van der Waals surface area contributed by atoms with Gasteiger partial charge in [0.15, 0.2) is 5.65 Å². The molecule has 1 atom stereocenters. The van der Waals surface area contributed by atoms with Gasteiger partial charge in [-0.05, 0) is 44.3 Å². The number of aromatic carboxylic acids is 1. The summed E-state index contributed by atoms with van der Waals surface area (Å²) in [5.74, 6) is -1.54. The van der Waals surface area contributed by atoms with Crippen LogP contribution >= 0.6 is 0 Å². The molecule has 3 aromatic rings. The van der Waals surface area contributed by atoms with Crippen molar-refractivity contribution in [2.75, 3.05) is 7.05 Å². The summed E-state index contributed by atoms with van der Waals surface area (Å²) in [6.07, 6.45) is -0.594. The van der Waals surface area contributed by atoms with Gasteiger partial charge in [0.2, 0.25) is 5.91 Å². The Balaban J connectivity index is 2.28. The molecule has 9 nitrogen and oxygen atoms in total. The molecule has 1 aromatic carbocycles. The number of carbonyl (C=O) groups is 2. The standard InChI is InChI=1S/C18H19N5O4/c1-9-16-12(18(26)27)7-13(10-3-5-11(24)6-4-10)21-17(16)23(22-9)15(20-2)8-14(19)25/h3-7,15,20,24H,8H2,1-2H3,(H2,19,25)(H,26,27). The van der Waals surface area contributed by atoms with Crippen molar-refractivity contribution in [3.8, 4) is 17.0 Å². The van der Waals surface area contributed by atoms with Crippen molar-refractivity contribution in [3.63, 3.8) is 0 Å². The molecule has 0 aliphatic rings. The SMILES string of the molecule is CNC(CC(N)=O)n1nc(C)c2c(C(=O)O)cc(-c3ccc(O)cc3)nc21. The third-order valence-corrected chi connectivity index (χ3v) is 4.25. The molecule has 5 N–H and O–H groups in total. The van der Waals surface area contributed by atoms with Crippen LogP contribution in [0.2, 0.25) is 0 Å². The van der Waals surface area contributed by atoms with Gasteiger partial charge in [-0.2, -0.15) is 5.10 Å². The number of aryl methyl sites for hydroxylation is 1. The summed E-state index contributed by atoms with van der Waals surface area (Å²) < 4.78 is 1.48. The van der Waals surface area contributed by atoms with Crippen LogP contribution in [0.25, 0.3) is 22.3 Å². The number of carboxylic acids is 1. The third kappa shape index (κ3) is 3.44. The van der Waals surface area contributed by atoms with Crippen LogP contribution in [0, 0.1) is 6.92 Å². The first-order valence-electron chi connectivity index (χ1n) is 8.20. The maximum Gasteiger partial charge on any atom is 0.336 e. The van der Waals surface area contributed by atoms with E-state index in [-0.39, 0.29) is 17.7 Å². The van der Waals surface area contributed by atoms with Crippen LogP contribution in [0.4, 0.5) is 0 Å². The molecule has 2 aromatic heterocycles. The number of carbonyl (C=O) groups excluding carboxylic acids is 1. The van der Waals surface area contributed by atoms with E-state index in [2.05, 4.69) is 15.4 Å². The second kappa shape index (κ2) is 7.04. The van der Waals surface area contributed by atoms with Crippen molar-refractivity contribution in [1.29, 1.82) is 0 Å². The molecule has 27 heavy (non-hydrogen) atoms. The highest BCUT2D eigenvalue weighted by molar-refractivity contribution is 6.04. The van der Waals surface area contributed by atoms with E-state index in [0.717, 1.165) is 0 Å². The molecular weight excluding hydrogens is 350 g/mol. The zero-order valence-electron chi connectivity index (χ0n) is 14.8. The highest BCUT2D eigenvalue weighted by atomic mass is 16.4. The predicted octanol–water partition coefficient (Wildman–Crippen LogP) is 1.40. The molecule has 140 valence electrons. The molecule has 0 saturated heterocycles. The molecule has 9 heteroatoms. The largest absolute Gasteiger partial charge is 0.508 e. The molecule has 2 heterocycles. The lowest BCUT2D eigenvalue weighted by Crippen LogP contribution is -2.29. The second-order valence-electron chi connectivity index (χ2n) is 6.11. The second-order valence-corrected chi connectivity index (χ2v) is 6.11. The Hall–Kier alpha value is -3.46. The quantitative estimate of drug-likeness (QED) is 0.514. The van der Waals surface area contributed by atoms with E-state index in [1.165, 1.54) is 22.9 Å². The van der Waals surface area contributed by atoms with Crippen LogP contribution < -0.4 is 11.1 Å². The van der Waals surface area contributed by atoms with Gasteiger partial charge in [0.1, 0.15) is 11.9 Å². The molecule has 0 bridgehead atoms. The Kier molecular flexibility index (Phi) is 4.78. The van der Waals surface area contributed by atoms with Crippen molar-refractivity contribution in [2.24, 2.45) is 5.73 Å². The van der Waals surface area contributed by atoms with Crippen LogP contribution in [0.5, 0.6) is 5.75 Å². The van der Waals surface area contributed by atoms with Crippen LogP contribution in [0.15, 0.2) is 30.3 Å². The number of nitrogens with one attached hydrogen (secondary N) is 1. The highest BCUT2D eigenvalue weighted by Crippen LogP contribution is 2.29. The summed E-state index contributed by atoms with van der Waals surface area (Å²) in [7, 11) is 1.65. The number of rotatable bonds is 6. The smallest absolute Gasteiger partial charge is 0.336 e. The number of nitrogens with two attached hydrogens (primary N) is 1. The van der Waals surface area contributed by atoms with E-state index in [9.17, 15) is 19.8 Å². The summed E-state index contributed by atoms with van der Waals surface area (Å²) in [5.41, 5.74) is 7.23. The number of fused-ring (bicyclic) bond motifs is 1. The van der Waals surface area contributed by atoms with Gasteiger partial charge < -0.3 is 15.9 Å². The number of phenols is 1. The number of aromatic hydroxyl groups is 1. The number of pyridine rings is 1. The van der Waals surface area contributed by atoms with Crippen molar-refractivity contribution < 1.29 is 19.8 Å². The number of hydrogen-bond acceptors (Lipinski definition) is 6. The predicted molar refractivity (Wildman–Crippen MR) is 98.2 cm³/mol. The molecule has 1 unspecified atom stereocenters. The molecule has 0 aliphatic heterocycles. The highest BCUT2D eigenvalue weighted by Gasteiger charge is 2.23. The minimum absolute atomic E-state index is 0.0275. The first-order chi connectivity index (χ1) is 12.8. The molecular formula is C18H19N5O4. The fraction of sp³-hybridized carbons (Fsp3) is 0.222. The lowest BCUT2D eigenvalue weighted by atomic mass is 10.1. The number of primary amides is 1. The van der Waals surface area contributed by atoms with Crippen molar-refractivity contribution in [1.82, 2.24) is 20.1 Å².